The predicted molar refractivity (Wildman–Crippen MR) is 78.5 cm³/mol. The molecule has 0 aliphatic heterocycles. The summed E-state index contributed by atoms with van der Waals surface area (Å²) >= 11 is 0. The second-order valence-electron chi connectivity index (χ2n) is 4.65. The van der Waals surface area contributed by atoms with Gasteiger partial charge in [-0.05, 0) is 44.0 Å². The average Bonchev–Trinajstić information content (AvgIpc) is 2.39. The molecule has 3 N–H and O–H groups in total. The van der Waals surface area contributed by atoms with Gasteiger partial charge in [0.25, 0.3) is 0 Å². The van der Waals surface area contributed by atoms with Crippen molar-refractivity contribution in [2.45, 2.75) is 46.1 Å². The summed E-state index contributed by atoms with van der Waals surface area (Å²) in [4.78, 5) is 11.9. The molecule has 0 spiro atoms. The van der Waals surface area contributed by atoms with Gasteiger partial charge in [0.1, 0.15) is 5.75 Å². The van der Waals surface area contributed by atoms with Gasteiger partial charge in [0.15, 0.2) is 0 Å². The number of benzene rings is 1. The number of ether oxygens (including phenoxy) is 1. The molecule has 4 nitrogen and oxygen atoms in total. The number of anilines is 1. The van der Waals surface area contributed by atoms with Crippen LogP contribution >= 0.6 is 0 Å². The third-order valence-corrected chi connectivity index (χ3v) is 2.97. The van der Waals surface area contributed by atoms with Gasteiger partial charge < -0.3 is 15.8 Å². The minimum absolute atomic E-state index is 0.124. The number of hydrogen-bond donors (Lipinski definition) is 2. The smallest absolute Gasteiger partial charge is 0.241 e. The average molecular weight is 264 g/mol. The van der Waals surface area contributed by atoms with Crippen molar-refractivity contribution >= 4 is 11.6 Å². The number of nitrogens with one attached hydrogen (secondary N) is 1. The van der Waals surface area contributed by atoms with E-state index in [4.69, 9.17) is 10.5 Å². The van der Waals surface area contributed by atoms with Gasteiger partial charge in [0.2, 0.25) is 5.91 Å². The fourth-order valence-electron chi connectivity index (χ4n) is 1.81. The summed E-state index contributed by atoms with van der Waals surface area (Å²) in [6.07, 6.45) is 2.73. The van der Waals surface area contributed by atoms with E-state index in [1.807, 2.05) is 32.0 Å². The van der Waals surface area contributed by atoms with E-state index in [1.54, 1.807) is 0 Å². The van der Waals surface area contributed by atoms with Crippen molar-refractivity contribution < 1.29 is 9.53 Å². The standard InChI is InChI=1S/C15H24N2O2/c1-4-6-7-13(16)15(18)17-14-9-8-12(19-5-2)10-11(14)3/h8-10,13H,4-7,16H2,1-3H3,(H,17,18)/t13-/m0/s1. The van der Waals surface area contributed by atoms with Crippen LogP contribution in [0, 0.1) is 6.92 Å². The lowest BCUT2D eigenvalue weighted by Crippen LogP contribution is -2.35. The molecule has 1 atom stereocenters. The summed E-state index contributed by atoms with van der Waals surface area (Å²) in [6, 6.07) is 5.18. The minimum atomic E-state index is -0.439. The van der Waals surface area contributed by atoms with Crippen LogP contribution in [-0.4, -0.2) is 18.6 Å². The van der Waals surface area contributed by atoms with Crippen LogP contribution in [0.4, 0.5) is 5.69 Å². The lowest BCUT2D eigenvalue weighted by atomic mass is 10.1. The Morgan fingerprint density at radius 3 is 2.74 bits per heavy atom. The van der Waals surface area contributed by atoms with Gasteiger partial charge in [-0.1, -0.05) is 19.8 Å². The number of hydrogen-bond acceptors (Lipinski definition) is 3. The summed E-state index contributed by atoms with van der Waals surface area (Å²) < 4.78 is 5.41. The van der Waals surface area contributed by atoms with Crippen molar-refractivity contribution in [1.82, 2.24) is 0 Å². The summed E-state index contributed by atoms with van der Waals surface area (Å²) in [5.41, 5.74) is 7.61. The van der Waals surface area contributed by atoms with Gasteiger partial charge in [-0.25, -0.2) is 0 Å². The Morgan fingerprint density at radius 1 is 1.42 bits per heavy atom. The van der Waals surface area contributed by atoms with Crippen molar-refractivity contribution in [1.29, 1.82) is 0 Å². The molecule has 0 fully saturated rings. The summed E-state index contributed by atoms with van der Waals surface area (Å²) in [7, 11) is 0. The molecule has 1 aromatic rings. The van der Waals surface area contributed by atoms with Crippen LogP contribution < -0.4 is 15.8 Å². The zero-order valence-electron chi connectivity index (χ0n) is 12.0. The third-order valence-electron chi connectivity index (χ3n) is 2.97. The van der Waals surface area contributed by atoms with Crippen LogP contribution in [0.5, 0.6) is 5.75 Å². The van der Waals surface area contributed by atoms with E-state index in [2.05, 4.69) is 12.2 Å². The molecule has 0 aliphatic carbocycles. The molecule has 1 aromatic carbocycles. The second kappa shape index (κ2) is 7.79. The van der Waals surface area contributed by atoms with E-state index in [9.17, 15) is 4.79 Å². The van der Waals surface area contributed by atoms with Crippen molar-refractivity contribution in [3.05, 3.63) is 23.8 Å². The maximum absolute atomic E-state index is 11.9. The Balaban J connectivity index is 2.63. The molecule has 0 heterocycles. The molecule has 0 unspecified atom stereocenters. The first kappa shape index (κ1) is 15.5. The molecule has 0 bridgehead atoms. The summed E-state index contributed by atoms with van der Waals surface area (Å²) in [5.74, 6) is 0.689. The molecule has 1 amide bonds. The number of rotatable bonds is 7. The molecule has 0 aromatic heterocycles. The highest BCUT2D eigenvalue weighted by atomic mass is 16.5. The highest BCUT2D eigenvalue weighted by Crippen LogP contribution is 2.21. The van der Waals surface area contributed by atoms with Gasteiger partial charge in [-0.2, -0.15) is 0 Å². The van der Waals surface area contributed by atoms with E-state index in [0.29, 0.717) is 6.61 Å². The van der Waals surface area contributed by atoms with E-state index >= 15 is 0 Å². The van der Waals surface area contributed by atoms with E-state index < -0.39 is 6.04 Å². The quantitative estimate of drug-likeness (QED) is 0.796. The number of carbonyl (C=O) groups is 1. The molecule has 0 aliphatic rings. The molecular weight excluding hydrogens is 240 g/mol. The normalized spacial score (nSPS) is 12.0. The second-order valence-corrected chi connectivity index (χ2v) is 4.65. The van der Waals surface area contributed by atoms with Gasteiger partial charge >= 0.3 is 0 Å². The number of aryl methyl sites for hydroxylation is 1. The third kappa shape index (κ3) is 4.91. The predicted octanol–water partition coefficient (Wildman–Crippen LogP) is 2.85. The SMILES string of the molecule is CCCC[C@H](N)C(=O)Nc1ccc(OCC)cc1C. The van der Waals surface area contributed by atoms with Crippen LogP contribution in [0.15, 0.2) is 18.2 Å². The molecule has 0 saturated carbocycles. The molecule has 0 radical (unpaired) electrons. The largest absolute Gasteiger partial charge is 0.494 e. The van der Waals surface area contributed by atoms with Crippen LogP contribution in [0.3, 0.4) is 0 Å². The first-order valence-corrected chi connectivity index (χ1v) is 6.88. The molecule has 19 heavy (non-hydrogen) atoms. The monoisotopic (exact) mass is 264 g/mol. The topological polar surface area (TPSA) is 64.4 Å². The van der Waals surface area contributed by atoms with Crippen molar-refractivity contribution in [2.75, 3.05) is 11.9 Å². The maximum Gasteiger partial charge on any atom is 0.241 e. The molecule has 0 saturated heterocycles. The van der Waals surface area contributed by atoms with Crippen LogP contribution in [0.2, 0.25) is 0 Å². The maximum atomic E-state index is 11.9. The fraction of sp³-hybridized carbons (Fsp3) is 0.533. The Hall–Kier alpha value is -1.55. The molecule has 4 heteroatoms. The van der Waals surface area contributed by atoms with Gasteiger partial charge in [-0.15, -0.1) is 0 Å². The molecule has 1 rings (SSSR count). The first-order valence-electron chi connectivity index (χ1n) is 6.88. The number of nitrogens with two attached hydrogens (primary N) is 1. The summed E-state index contributed by atoms with van der Waals surface area (Å²) in [6.45, 7) is 6.60. The summed E-state index contributed by atoms with van der Waals surface area (Å²) in [5, 5.41) is 2.87. The van der Waals surface area contributed by atoms with Crippen molar-refractivity contribution in [3.8, 4) is 5.75 Å². The minimum Gasteiger partial charge on any atom is -0.494 e. The lowest BCUT2D eigenvalue weighted by Gasteiger charge is -2.14. The van der Waals surface area contributed by atoms with Crippen LogP contribution in [0.25, 0.3) is 0 Å². The van der Waals surface area contributed by atoms with Crippen LogP contribution in [0.1, 0.15) is 38.7 Å². The highest BCUT2D eigenvalue weighted by molar-refractivity contribution is 5.95. The molecular formula is C15H24N2O2. The zero-order valence-corrected chi connectivity index (χ0v) is 12.0. The Labute approximate surface area is 115 Å². The fourth-order valence-corrected chi connectivity index (χ4v) is 1.81. The molecule has 106 valence electrons. The van der Waals surface area contributed by atoms with Gasteiger partial charge in [-0.3, -0.25) is 4.79 Å². The Morgan fingerprint density at radius 2 is 2.16 bits per heavy atom. The van der Waals surface area contributed by atoms with Crippen molar-refractivity contribution in [3.63, 3.8) is 0 Å². The van der Waals surface area contributed by atoms with Crippen LogP contribution in [-0.2, 0) is 4.79 Å². The lowest BCUT2D eigenvalue weighted by molar-refractivity contribution is -0.117. The Bertz CT molecular complexity index is 419. The van der Waals surface area contributed by atoms with E-state index in [1.165, 1.54) is 0 Å². The first-order chi connectivity index (χ1) is 9.08. The van der Waals surface area contributed by atoms with Crippen molar-refractivity contribution in [2.24, 2.45) is 5.73 Å². The van der Waals surface area contributed by atoms with Gasteiger partial charge in [0, 0.05) is 5.69 Å². The highest BCUT2D eigenvalue weighted by Gasteiger charge is 2.13. The number of amides is 1. The number of unbranched alkanes of at least 4 members (excludes halogenated alkanes) is 1. The van der Waals surface area contributed by atoms with E-state index in [0.717, 1.165) is 36.3 Å². The number of carbonyl (C=O) groups excluding carboxylic acids is 1. The Kier molecular flexibility index (Phi) is 6.36. The van der Waals surface area contributed by atoms with E-state index in [-0.39, 0.29) is 5.91 Å². The zero-order chi connectivity index (χ0) is 14.3. The van der Waals surface area contributed by atoms with Gasteiger partial charge in [0.05, 0.1) is 12.6 Å².